The van der Waals surface area contributed by atoms with Gasteiger partial charge in [-0.1, -0.05) is 51.8 Å². The Hall–Kier alpha value is -3.26. The van der Waals surface area contributed by atoms with Crippen molar-refractivity contribution in [1.29, 1.82) is 0 Å². The van der Waals surface area contributed by atoms with E-state index in [1.165, 1.54) is 12.8 Å². The van der Waals surface area contributed by atoms with Crippen LogP contribution >= 0.6 is 15.9 Å². The maximum absolute atomic E-state index is 11.8. The van der Waals surface area contributed by atoms with E-state index >= 15 is 0 Å². The average molecular weight is 506 g/mol. The highest BCUT2D eigenvalue weighted by atomic mass is 79.9. The van der Waals surface area contributed by atoms with E-state index in [1.807, 2.05) is 37.3 Å². The second-order valence-electron chi connectivity index (χ2n) is 8.66. The summed E-state index contributed by atoms with van der Waals surface area (Å²) in [6.45, 7) is 4.70. The number of halogens is 1. The molecule has 4 aromatic rings. The number of anilines is 1. The third-order valence-electron chi connectivity index (χ3n) is 6.02. The molecule has 168 valence electrons. The van der Waals surface area contributed by atoms with Crippen LogP contribution in [0.15, 0.2) is 53.0 Å². The summed E-state index contributed by atoms with van der Waals surface area (Å²) in [5.74, 6) is 0.397. The van der Waals surface area contributed by atoms with E-state index in [0.29, 0.717) is 29.4 Å². The van der Waals surface area contributed by atoms with E-state index in [4.69, 9.17) is 4.98 Å². The summed E-state index contributed by atoms with van der Waals surface area (Å²) >= 11 is 3.50. The van der Waals surface area contributed by atoms with Crippen molar-refractivity contribution in [3.05, 3.63) is 70.0 Å². The molecule has 5 rings (SSSR count). The molecule has 0 spiro atoms. The minimum atomic E-state index is -1.17. The molecule has 2 heterocycles. The third kappa shape index (κ3) is 4.48. The van der Waals surface area contributed by atoms with Gasteiger partial charge in [0.05, 0.1) is 0 Å². The van der Waals surface area contributed by atoms with E-state index in [2.05, 4.69) is 60.9 Å². The Labute approximate surface area is 200 Å². The Kier molecular flexibility index (Phi) is 5.62. The molecule has 0 saturated heterocycles. The fraction of sp³-hybridized carbons (Fsp3) is 0.280. The molecule has 2 N–H and O–H groups in total. The van der Waals surface area contributed by atoms with Gasteiger partial charge in [0.2, 0.25) is 5.82 Å². The minimum absolute atomic E-state index is 0.184. The summed E-state index contributed by atoms with van der Waals surface area (Å²) in [4.78, 5) is 25.3. The van der Waals surface area contributed by atoms with Crippen LogP contribution in [0, 0.1) is 12.8 Å². The van der Waals surface area contributed by atoms with Crippen molar-refractivity contribution in [3.8, 4) is 11.4 Å². The van der Waals surface area contributed by atoms with Crippen LogP contribution in [0.5, 0.6) is 0 Å². The van der Waals surface area contributed by atoms with E-state index in [0.717, 1.165) is 27.0 Å². The van der Waals surface area contributed by atoms with Crippen LogP contribution in [0.2, 0.25) is 0 Å². The number of aryl methyl sites for hydroxylation is 1. The fourth-order valence-corrected chi connectivity index (χ4v) is 4.36. The average Bonchev–Trinajstić information content (AvgIpc) is 3.57. The zero-order chi connectivity index (χ0) is 23.1. The number of hydrogen-bond donors (Lipinski definition) is 2. The van der Waals surface area contributed by atoms with Gasteiger partial charge in [0.15, 0.2) is 11.5 Å². The summed E-state index contributed by atoms with van der Waals surface area (Å²) in [6, 6.07) is 16.4. The van der Waals surface area contributed by atoms with Crippen molar-refractivity contribution >= 4 is 38.9 Å². The molecule has 2 aromatic carbocycles. The predicted octanol–water partition coefficient (Wildman–Crippen LogP) is 5.52. The van der Waals surface area contributed by atoms with E-state index in [-0.39, 0.29) is 11.9 Å². The Bertz CT molecular complexity index is 1350. The highest BCUT2D eigenvalue weighted by Gasteiger charge is 2.30. The number of hydrogen-bond acceptors (Lipinski definition) is 5. The fourth-order valence-electron chi connectivity index (χ4n) is 4.09. The Balaban J connectivity index is 1.73. The van der Waals surface area contributed by atoms with Crippen LogP contribution in [-0.2, 0) is 6.54 Å². The van der Waals surface area contributed by atoms with Crippen LogP contribution < -0.4 is 5.32 Å². The summed E-state index contributed by atoms with van der Waals surface area (Å²) in [7, 11) is 0. The Morgan fingerprint density at radius 1 is 1.18 bits per heavy atom. The lowest BCUT2D eigenvalue weighted by Gasteiger charge is -2.17. The number of benzene rings is 2. The molecule has 2 aromatic heterocycles. The molecular weight excluding hydrogens is 482 g/mol. The molecule has 1 aliphatic carbocycles. The molecular formula is C25H24BrN5O2. The maximum Gasteiger partial charge on any atom is 0.374 e. The molecule has 1 saturated carbocycles. The number of aromatic carboxylic acids is 1. The first-order chi connectivity index (χ1) is 15.9. The molecule has 1 atom stereocenters. The van der Waals surface area contributed by atoms with Gasteiger partial charge in [0.1, 0.15) is 11.3 Å². The number of nitrogens with zero attached hydrogens (tertiary/aromatic N) is 4. The molecule has 0 aliphatic heterocycles. The Morgan fingerprint density at radius 2 is 1.94 bits per heavy atom. The van der Waals surface area contributed by atoms with Gasteiger partial charge in [0.25, 0.3) is 0 Å². The van der Waals surface area contributed by atoms with Crippen molar-refractivity contribution in [3.63, 3.8) is 0 Å². The number of carbonyl (C=O) groups is 1. The van der Waals surface area contributed by atoms with Crippen molar-refractivity contribution in [2.45, 2.75) is 39.3 Å². The Morgan fingerprint density at radius 3 is 2.61 bits per heavy atom. The number of carboxylic acids is 1. The zero-order valence-electron chi connectivity index (χ0n) is 18.4. The molecule has 8 heteroatoms. The standard InChI is InChI=1S/C25H24BrN5O2/c1-14-4-3-5-18(12-14)24-30-22-20(31(24)13-16-6-10-19(26)11-7-16)21(27-15(2)17-8-9-17)28-23(29-22)25(32)33/h3-7,10-12,15,17H,8-9,13H2,1-2H3,(H,32,33)(H,27,28,29). The molecule has 0 bridgehead atoms. The minimum Gasteiger partial charge on any atom is -0.475 e. The highest BCUT2D eigenvalue weighted by Crippen LogP contribution is 2.36. The first-order valence-corrected chi connectivity index (χ1v) is 11.8. The summed E-state index contributed by atoms with van der Waals surface area (Å²) in [5.41, 5.74) is 4.25. The van der Waals surface area contributed by atoms with Gasteiger partial charge in [0, 0.05) is 22.6 Å². The lowest BCUT2D eigenvalue weighted by molar-refractivity contribution is 0.0684. The van der Waals surface area contributed by atoms with Crippen LogP contribution in [-0.4, -0.2) is 36.6 Å². The van der Waals surface area contributed by atoms with Gasteiger partial charge in [-0.2, -0.15) is 0 Å². The lowest BCUT2D eigenvalue weighted by Crippen LogP contribution is -2.20. The highest BCUT2D eigenvalue weighted by molar-refractivity contribution is 9.10. The van der Waals surface area contributed by atoms with Gasteiger partial charge in [-0.15, -0.1) is 0 Å². The van der Waals surface area contributed by atoms with E-state index in [9.17, 15) is 9.90 Å². The third-order valence-corrected chi connectivity index (χ3v) is 6.55. The first kappa shape index (κ1) is 21.6. The molecule has 1 fully saturated rings. The smallest absolute Gasteiger partial charge is 0.374 e. The van der Waals surface area contributed by atoms with Gasteiger partial charge >= 0.3 is 5.97 Å². The SMILES string of the molecule is Cc1cccc(-c2nc3nc(C(=O)O)nc(NC(C)C4CC4)c3n2Cc2ccc(Br)cc2)c1. The topological polar surface area (TPSA) is 92.9 Å². The number of fused-ring (bicyclic) bond motifs is 1. The molecule has 1 unspecified atom stereocenters. The number of aromatic nitrogens is 4. The maximum atomic E-state index is 11.8. The molecule has 1 aliphatic rings. The lowest BCUT2D eigenvalue weighted by atomic mass is 10.1. The van der Waals surface area contributed by atoms with Gasteiger partial charge < -0.3 is 15.0 Å². The monoisotopic (exact) mass is 505 g/mol. The van der Waals surface area contributed by atoms with Crippen molar-refractivity contribution in [2.75, 3.05) is 5.32 Å². The second kappa shape index (κ2) is 8.59. The number of nitrogens with one attached hydrogen (secondary N) is 1. The first-order valence-electron chi connectivity index (χ1n) is 11.0. The molecule has 0 radical (unpaired) electrons. The summed E-state index contributed by atoms with van der Waals surface area (Å²) < 4.78 is 3.09. The summed E-state index contributed by atoms with van der Waals surface area (Å²) in [6.07, 6.45) is 2.34. The van der Waals surface area contributed by atoms with Crippen LogP contribution in [0.3, 0.4) is 0 Å². The van der Waals surface area contributed by atoms with Gasteiger partial charge in [-0.05, 0) is 56.4 Å². The van der Waals surface area contributed by atoms with Crippen LogP contribution in [0.4, 0.5) is 5.82 Å². The predicted molar refractivity (Wildman–Crippen MR) is 132 cm³/mol. The van der Waals surface area contributed by atoms with Crippen molar-refractivity contribution in [2.24, 2.45) is 5.92 Å². The van der Waals surface area contributed by atoms with Crippen molar-refractivity contribution < 1.29 is 9.90 Å². The van der Waals surface area contributed by atoms with Crippen LogP contribution in [0.25, 0.3) is 22.6 Å². The quantitative estimate of drug-likeness (QED) is 0.343. The second-order valence-corrected chi connectivity index (χ2v) is 9.58. The van der Waals surface area contributed by atoms with Gasteiger partial charge in [-0.3, -0.25) is 0 Å². The van der Waals surface area contributed by atoms with E-state index in [1.54, 1.807) is 0 Å². The number of carboxylic acid groups (broad SMARTS) is 1. The zero-order valence-corrected chi connectivity index (χ0v) is 20.0. The normalized spacial score (nSPS) is 14.4. The van der Waals surface area contributed by atoms with Crippen molar-refractivity contribution in [1.82, 2.24) is 19.5 Å². The van der Waals surface area contributed by atoms with Gasteiger partial charge in [-0.25, -0.2) is 19.7 Å². The molecule has 0 amide bonds. The number of imidazole rings is 1. The van der Waals surface area contributed by atoms with E-state index < -0.39 is 5.97 Å². The number of rotatable bonds is 7. The molecule has 7 nitrogen and oxygen atoms in total. The van der Waals surface area contributed by atoms with Crippen LogP contribution in [0.1, 0.15) is 41.5 Å². The summed E-state index contributed by atoms with van der Waals surface area (Å²) in [5, 5.41) is 13.1. The largest absolute Gasteiger partial charge is 0.475 e. The molecule has 33 heavy (non-hydrogen) atoms.